The molecule has 0 heterocycles. The van der Waals surface area contributed by atoms with Crippen molar-refractivity contribution in [2.24, 2.45) is 0 Å². The number of nitrogens with zero attached hydrogens (tertiary/aromatic N) is 2. The van der Waals surface area contributed by atoms with Crippen molar-refractivity contribution in [2.75, 3.05) is 13.1 Å². The van der Waals surface area contributed by atoms with Crippen LogP contribution in [-0.4, -0.2) is 42.7 Å². The van der Waals surface area contributed by atoms with E-state index in [1.807, 2.05) is 0 Å². The van der Waals surface area contributed by atoms with E-state index in [0.717, 1.165) is 12.8 Å². The van der Waals surface area contributed by atoms with Crippen molar-refractivity contribution in [3.63, 3.8) is 0 Å². The number of benzene rings is 2. The standard InChI is InChI=1S/C21H24ClFN2O3S/c1-3-24(4-2)29(27,28)20-13-15(9-12-18(20)22)21(26)25(17-10-11-17)14-16-7-5-6-8-19(16)23/h5-9,12-13,17H,3-4,10-11,14H2,1-2H3. The van der Waals surface area contributed by atoms with Crippen molar-refractivity contribution in [1.82, 2.24) is 9.21 Å². The second kappa shape index (κ2) is 8.81. The van der Waals surface area contributed by atoms with E-state index in [4.69, 9.17) is 11.6 Å². The summed E-state index contributed by atoms with van der Waals surface area (Å²) in [6, 6.07) is 10.6. The molecule has 0 bridgehead atoms. The molecule has 1 saturated carbocycles. The highest BCUT2D eigenvalue weighted by molar-refractivity contribution is 7.89. The SMILES string of the molecule is CCN(CC)S(=O)(=O)c1cc(C(=O)N(Cc2ccccc2F)C2CC2)ccc1Cl. The van der Waals surface area contributed by atoms with Gasteiger partial charge in [0.15, 0.2) is 0 Å². The fourth-order valence-corrected chi connectivity index (χ4v) is 5.22. The van der Waals surface area contributed by atoms with Gasteiger partial charge in [-0.1, -0.05) is 43.6 Å². The summed E-state index contributed by atoms with van der Waals surface area (Å²) < 4.78 is 41.2. The normalized spacial score (nSPS) is 14.2. The van der Waals surface area contributed by atoms with E-state index >= 15 is 0 Å². The summed E-state index contributed by atoms with van der Waals surface area (Å²) in [6.45, 7) is 4.22. The van der Waals surface area contributed by atoms with Gasteiger partial charge in [0.05, 0.1) is 5.02 Å². The maximum Gasteiger partial charge on any atom is 0.254 e. The molecule has 3 rings (SSSR count). The van der Waals surface area contributed by atoms with Crippen LogP contribution in [0.3, 0.4) is 0 Å². The molecule has 1 aliphatic carbocycles. The number of hydrogen-bond donors (Lipinski definition) is 0. The third-order valence-corrected chi connectivity index (χ3v) is 7.58. The van der Waals surface area contributed by atoms with Crippen LogP contribution in [0, 0.1) is 5.82 Å². The number of halogens is 2. The zero-order valence-electron chi connectivity index (χ0n) is 16.4. The Labute approximate surface area is 176 Å². The Hall–Kier alpha value is -1.96. The molecule has 156 valence electrons. The molecule has 29 heavy (non-hydrogen) atoms. The lowest BCUT2D eigenvalue weighted by Gasteiger charge is -2.24. The van der Waals surface area contributed by atoms with Gasteiger partial charge in [-0.15, -0.1) is 0 Å². The van der Waals surface area contributed by atoms with Crippen molar-refractivity contribution in [3.8, 4) is 0 Å². The second-order valence-electron chi connectivity index (χ2n) is 6.99. The highest BCUT2D eigenvalue weighted by atomic mass is 35.5. The van der Waals surface area contributed by atoms with Crippen LogP contribution in [0.15, 0.2) is 47.4 Å². The average Bonchev–Trinajstić information content (AvgIpc) is 3.53. The molecule has 0 N–H and O–H groups in total. The van der Waals surface area contributed by atoms with Crippen molar-refractivity contribution in [3.05, 3.63) is 64.4 Å². The Bertz CT molecular complexity index is 1000. The number of carbonyl (C=O) groups excluding carboxylic acids is 1. The smallest absolute Gasteiger partial charge is 0.254 e. The van der Waals surface area contributed by atoms with Crippen LogP contribution in [-0.2, 0) is 16.6 Å². The van der Waals surface area contributed by atoms with Crippen LogP contribution in [0.4, 0.5) is 4.39 Å². The van der Waals surface area contributed by atoms with Crippen molar-refractivity contribution in [1.29, 1.82) is 0 Å². The quantitative estimate of drug-likeness (QED) is 0.617. The van der Waals surface area contributed by atoms with Gasteiger partial charge in [-0.2, -0.15) is 4.31 Å². The first-order chi connectivity index (χ1) is 13.8. The van der Waals surface area contributed by atoms with E-state index in [-0.39, 0.29) is 39.8 Å². The zero-order valence-corrected chi connectivity index (χ0v) is 18.0. The number of rotatable bonds is 8. The van der Waals surface area contributed by atoms with Crippen LogP contribution in [0.5, 0.6) is 0 Å². The number of sulfonamides is 1. The molecular weight excluding hydrogens is 415 g/mol. The first-order valence-electron chi connectivity index (χ1n) is 9.63. The molecular formula is C21H24ClFN2O3S. The molecule has 1 amide bonds. The minimum Gasteiger partial charge on any atom is -0.331 e. The van der Waals surface area contributed by atoms with E-state index in [0.29, 0.717) is 18.7 Å². The summed E-state index contributed by atoms with van der Waals surface area (Å²) in [5.41, 5.74) is 0.654. The van der Waals surface area contributed by atoms with Gasteiger partial charge in [-0.3, -0.25) is 4.79 Å². The van der Waals surface area contributed by atoms with Crippen molar-refractivity contribution < 1.29 is 17.6 Å². The van der Waals surface area contributed by atoms with Gasteiger partial charge < -0.3 is 4.90 Å². The molecule has 0 atom stereocenters. The Kier molecular flexibility index (Phi) is 6.61. The molecule has 2 aromatic carbocycles. The second-order valence-corrected chi connectivity index (χ2v) is 9.30. The summed E-state index contributed by atoms with van der Waals surface area (Å²) in [6.07, 6.45) is 1.69. The van der Waals surface area contributed by atoms with Gasteiger partial charge in [0, 0.05) is 36.8 Å². The summed E-state index contributed by atoms with van der Waals surface area (Å²) in [5, 5.41) is 0.0699. The van der Waals surface area contributed by atoms with E-state index in [2.05, 4.69) is 0 Å². The molecule has 0 aromatic heterocycles. The van der Waals surface area contributed by atoms with Gasteiger partial charge in [0.25, 0.3) is 5.91 Å². The van der Waals surface area contributed by atoms with E-state index in [9.17, 15) is 17.6 Å². The topological polar surface area (TPSA) is 57.7 Å². The maximum absolute atomic E-state index is 14.1. The van der Waals surface area contributed by atoms with Crippen LogP contribution in [0.25, 0.3) is 0 Å². The molecule has 0 aliphatic heterocycles. The molecule has 5 nitrogen and oxygen atoms in total. The number of carbonyl (C=O) groups is 1. The molecule has 0 saturated heterocycles. The van der Waals surface area contributed by atoms with Crippen molar-refractivity contribution >= 4 is 27.5 Å². The third kappa shape index (κ3) is 4.63. The first-order valence-corrected chi connectivity index (χ1v) is 11.5. The zero-order chi connectivity index (χ0) is 21.2. The monoisotopic (exact) mass is 438 g/mol. The van der Waals surface area contributed by atoms with Crippen LogP contribution in [0.1, 0.15) is 42.6 Å². The predicted octanol–water partition coefficient (Wildman–Crippen LogP) is 4.31. The highest BCUT2D eigenvalue weighted by Gasteiger charge is 2.34. The molecule has 0 radical (unpaired) electrons. The maximum atomic E-state index is 14.1. The average molecular weight is 439 g/mol. The van der Waals surface area contributed by atoms with E-state index in [1.54, 1.807) is 36.9 Å². The number of hydrogen-bond acceptors (Lipinski definition) is 3. The lowest BCUT2D eigenvalue weighted by molar-refractivity contribution is 0.0728. The van der Waals surface area contributed by atoms with E-state index < -0.39 is 10.0 Å². The molecule has 1 aliphatic rings. The minimum absolute atomic E-state index is 0.0284. The van der Waals surface area contributed by atoms with Crippen LogP contribution < -0.4 is 0 Å². The third-order valence-electron chi connectivity index (χ3n) is 5.05. The largest absolute Gasteiger partial charge is 0.331 e. The Balaban J connectivity index is 1.95. The molecule has 0 spiro atoms. The van der Waals surface area contributed by atoms with Crippen molar-refractivity contribution in [2.45, 2.75) is 44.2 Å². The molecule has 0 unspecified atom stereocenters. The predicted molar refractivity (Wildman–Crippen MR) is 111 cm³/mol. The van der Waals surface area contributed by atoms with Gasteiger partial charge in [-0.25, -0.2) is 12.8 Å². The summed E-state index contributed by atoms with van der Waals surface area (Å²) in [5.74, 6) is -0.699. The molecule has 1 fully saturated rings. The molecule has 2 aromatic rings. The van der Waals surface area contributed by atoms with Gasteiger partial charge >= 0.3 is 0 Å². The Morgan fingerprint density at radius 3 is 2.38 bits per heavy atom. The van der Waals surface area contributed by atoms with Gasteiger partial charge in [0.1, 0.15) is 10.7 Å². The highest BCUT2D eigenvalue weighted by Crippen LogP contribution is 2.32. The summed E-state index contributed by atoms with van der Waals surface area (Å²) in [4.78, 5) is 14.7. The van der Waals surface area contributed by atoms with Crippen LogP contribution >= 0.6 is 11.6 Å². The fraction of sp³-hybridized carbons (Fsp3) is 0.381. The Morgan fingerprint density at radius 1 is 1.14 bits per heavy atom. The van der Waals surface area contributed by atoms with E-state index in [1.165, 1.54) is 28.6 Å². The van der Waals surface area contributed by atoms with Gasteiger partial charge in [-0.05, 0) is 37.1 Å². The number of amides is 1. The summed E-state index contributed by atoms with van der Waals surface area (Å²) in [7, 11) is -3.81. The first kappa shape index (κ1) is 21.7. The lowest BCUT2D eigenvalue weighted by Crippen LogP contribution is -2.34. The van der Waals surface area contributed by atoms with Crippen LogP contribution in [0.2, 0.25) is 5.02 Å². The lowest BCUT2D eigenvalue weighted by atomic mass is 10.1. The summed E-state index contributed by atoms with van der Waals surface area (Å²) >= 11 is 6.17. The fourth-order valence-electron chi connectivity index (χ4n) is 3.27. The molecule has 8 heteroatoms. The minimum atomic E-state index is -3.81. The van der Waals surface area contributed by atoms with Gasteiger partial charge in [0.2, 0.25) is 10.0 Å². The Morgan fingerprint density at radius 2 is 1.79 bits per heavy atom.